The molecule has 0 rings (SSSR count). The summed E-state index contributed by atoms with van der Waals surface area (Å²) in [5, 5.41) is 10.7. The summed E-state index contributed by atoms with van der Waals surface area (Å²) in [6.45, 7) is 1.61. The van der Waals surface area contributed by atoms with Crippen LogP contribution in [0.3, 0.4) is 0 Å². The van der Waals surface area contributed by atoms with Crippen molar-refractivity contribution in [2.45, 2.75) is 19.4 Å². The number of aliphatic carboxylic acids is 1. The summed E-state index contributed by atoms with van der Waals surface area (Å²) in [5.41, 5.74) is 0. The molecular weight excluding hydrogens is 170 g/mol. The van der Waals surface area contributed by atoms with Crippen LogP contribution in [0, 0.1) is 0 Å². The van der Waals surface area contributed by atoms with Gasteiger partial charge in [0.15, 0.2) is 0 Å². The number of hydrogen-bond donors (Lipinski definition) is 2. The Labute approximate surface area is 69.5 Å². The van der Waals surface area contributed by atoms with Crippen molar-refractivity contribution in [1.82, 2.24) is 5.32 Å². The molecule has 0 aromatic heterocycles. The van der Waals surface area contributed by atoms with E-state index in [0.29, 0.717) is 0 Å². The molecule has 0 aliphatic carbocycles. The molecule has 0 saturated carbocycles. The molecule has 1 amide bonds. The van der Waals surface area contributed by atoms with Crippen molar-refractivity contribution in [3.05, 3.63) is 0 Å². The van der Waals surface area contributed by atoms with Gasteiger partial charge in [-0.1, -0.05) is 0 Å². The maximum Gasteiger partial charge on any atom is 0.305 e. The first-order valence-electron chi connectivity index (χ1n) is 3.13. The van der Waals surface area contributed by atoms with Gasteiger partial charge < -0.3 is 10.4 Å². The van der Waals surface area contributed by atoms with Crippen molar-refractivity contribution in [2.24, 2.45) is 0 Å². The minimum absolute atomic E-state index is 0.0807. The molecule has 0 bridgehead atoms. The van der Waals surface area contributed by atoms with E-state index in [1.807, 2.05) is 0 Å². The van der Waals surface area contributed by atoms with Gasteiger partial charge in [-0.2, -0.15) is 0 Å². The molecule has 4 nitrogen and oxygen atoms in total. The van der Waals surface area contributed by atoms with Crippen molar-refractivity contribution >= 4 is 23.5 Å². The van der Waals surface area contributed by atoms with E-state index in [-0.39, 0.29) is 24.2 Å². The number of carboxylic acid groups (broad SMARTS) is 1. The lowest BCUT2D eigenvalue weighted by Crippen LogP contribution is -2.34. The van der Waals surface area contributed by atoms with Crippen LogP contribution in [0.4, 0.5) is 0 Å². The zero-order valence-corrected chi connectivity index (χ0v) is 6.89. The molecule has 1 unspecified atom stereocenters. The Morgan fingerprint density at radius 1 is 1.64 bits per heavy atom. The lowest BCUT2D eigenvalue weighted by molar-refractivity contribution is -0.137. The zero-order valence-electron chi connectivity index (χ0n) is 6.13. The minimum atomic E-state index is -0.938. The van der Waals surface area contributed by atoms with Gasteiger partial charge in [0.05, 0.1) is 6.42 Å². The summed E-state index contributed by atoms with van der Waals surface area (Å²) in [5.74, 6) is -1.42. The number of carbonyl (C=O) groups is 2. The van der Waals surface area contributed by atoms with E-state index < -0.39 is 5.97 Å². The number of nitrogens with one attached hydrogen (secondary N) is 1. The molecule has 2 N–H and O–H groups in total. The fraction of sp³-hybridized carbons (Fsp3) is 0.667. The van der Waals surface area contributed by atoms with Crippen molar-refractivity contribution in [1.29, 1.82) is 0 Å². The number of amides is 1. The number of carbonyl (C=O) groups excluding carboxylic acids is 1. The van der Waals surface area contributed by atoms with Crippen LogP contribution < -0.4 is 5.32 Å². The van der Waals surface area contributed by atoms with E-state index in [2.05, 4.69) is 5.32 Å². The molecule has 11 heavy (non-hydrogen) atoms. The first-order valence-corrected chi connectivity index (χ1v) is 3.67. The Kier molecular flexibility index (Phi) is 4.61. The third kappa shape index (κ3) is 5.66. The highest BCUT2D eigenvalue weighted by atomic mass is 35.5. The van der Waals surface area contributed by atoms with E-state index in [0.717, 1.165) is 0 Å². The van der Waals surface area contributed by atoms with Crippen molar-refractivity contribution in [3.63, 3.8) is 0 Å². The zero-order chi connectivity index (χ0) is 8.85. The lowest BCUT2D eigenvalue weighted by Gasteiger charge is -2.08. The van der Waals surface area contributed by atoms with E-state index in [1.165, 1.54) is 0 Å². The highest BCUT2D eigenvalue weighted by Crippen LogP contribution is 1.90. The molecule has 1 atom stereocenters. The van der Waals surface area contributed by atoms with Crippen LogP contribution in [0.1, 0.15) is 13.3 Å². The largest absolute Gasteiger partial charge is 0.481 e. The van der Waals surface area contributed by atoms with Crippen LogP contribution in [0.25, 0.3) is 0 Å². The van der Waals surface area contributed by atoms with Gasteiger partial charge >= 0.3 is 5.97 Å². The molecule has 0 aliphatic heterocycles. The summed E-state index contributed by atoms with van der Waals surface area (Å²) < 4.78 is 0. The van der Waals surface area contributed by atoms with Gasteiger partial charge in [0.2, 0.25) is 5.91 Å². The Morgan fingerprint density at radius 3 is 2.55 bits per heavy atom. The SMILES string of the molecule is CC(CC(=O)O)NC(=O)CCl. The topological polar surface area (TPSA) is 66.4 Å². The summed E-state index contributed by atoms with van der Waals surface area (Å²) >= 11 is 5.17. The minimum Gasteiger partial charge on any atom is -0.481 e. The molecule has 0 saturated heterocycles. The number of rotatable bonds is 4. The third-order valence-corrected chi connectivity index (χ3v) is 1.25. The molecule has 0 aromatic rings. The van der Waals surface area contributed by atoms with Crippen LogP contribution in [-0.4, -0.2) is 28.9 Å². The summed E-state index contributed by atoms with van der Waals surface area (Å²) in [6, 6.07) is -0.362. The Bertz CT molecular complexity index is 160. The monoisotopic (exact) mass is 179 g/mol. The fourth-order valence-electron chi connectivity index (χ4n) is 0.626. The second kappa shape index (κ2) is 4.96. The smallest absolute Gasteiger partial charge is 0.305 e. The van der Waals surface area contributed by atoms with Gasteiger partial charge in [0.25, 0.3) is 0 Å². The molecule has 0 fully saturated rings. The average molecular weight is 180 g/mol. The molecule has 5 heteroatoms. The number of alkyl halides is 1. The van der Waals surface area contributed by atoms with E-state index in [1.54, 1.807) is 6.92 Å². The van der Waals surface area contributed by atoms with E-state index >= 15 is 0 Å². The van der Waals surface area contributed by atoms with Gasteiger partial charge in [-0.05, 0) is 6.92 Å². The first kappa shape index (κ1) is 10.2. The van der Waals surface area contributed by atoms with Crippen molar-refractivity contribution < 1.29 is 14.7 Å². The second-order valence-electron chi connectivity index (χ2n) is 2.20. The highest BCUT2D eigenvalue weighted by Gasteiger charge is 2.09. The van der Waals surface area contributed by atoms with Gasteiger partial charge in [-0.25, -0.2) is 0 Å². The van der Waals surface area contributed by atoms with Gasteiger partial charge in [-0.3, -0.25) is 9.59 Å². The molecule has 0 aromatic carbocycles. The summed E-state index contributed by atoms with van der Waals surface area (Å²) in [7, 11) is 0. The molecule has 0 heterocycles. The Balaban J connectivity index is 3.60. The molecule has 0 spiro atoms. The Morgan fingerprint density at radius 2 is 2.18 bits per heavy atom. The van der Waals surface area contributed by atoms with Crippen molar-refractivity contribution in [3.8, 4) is 0 Å². The number of carboxylic acids is 1. The van der Waals surface area contributed by atoms with Crippen molar-refractivity contribution in [2.75, 3.05) is 5.88 Å². The van der Waals surface area contributed by atoms with Gasteiger partial charge in [0, 0.05) is 6.04 Å². The maximum absolute atomic E-state index is 10.6. The summed E-state index contributed by atoms with van der Waals surface area (Å²) in [6.07, 6.45) is -0.0807. The molecule has 0 aliphatic rings. The molecule has 0 radical (unpaired) electrons. The van der Waals surface area contributed by atoms with Gasteiger partial charge in [0.1, 0.15) is 5.88 Å². The predicted octanol–water partition coefficient (Wildman–Crippen LogP) is 0.205. The Hall–Kier alpha value is -0.770. The van der Waals surface area contributed by atoms with Crippen LogP contribution in [-0.2, 0) is 9.59 Å². The predicted molar refractivity (Wildman–Crippen MR) is 40.6 cm³/mol. The molecular formula is C6H10ClNO3. The standard InChI is InChI=1S/C6H10ClNO3/c1-4(2-6(10)11)8-5(9)3-7/h4H,2-3H2,1H3,(H,8,9)(H,10,11). The first-order chi connectivity index (χ1) is 5.06. The van der Waals surface area contributed by atoms with Crippen LogP contribution in [0.2, 0.25) is 0 Å². The third-order valence-electron chi connectivity index (χ3n) is 1.01. The fourth-order valence-corrected chi connectivity index (χ4v) is 0.704. The van der Waals surface area contributed by atoms with Crippen LogP contribution >= 0.6 is 11.6 Å². The normalized spacial score (nSPS) is 12.2. The van der Waals surface area contributed by atoms with Crippen LogP contribution in [0.5, 0.6) is 0 Å². The van der Waals surface area contributed by atoms with Crippen LogP contribution in [0.15, 0.2) is 0 Å². The molecule has 64 valence electrons. The van der Waals surface area contributed by atoms with E-state index in [4.69, 9.17) is 16.7 Å². The highest BCUT2D eigenvalue weighted by molar-refractivity contribution is 6.27. The number of hydrogen-bond acceptors (Lipinski definition) is 2. The quantitative estimate of drug-likeness (QED) is 0.606. The average Bonchev–Trinajstić information content (AvgIpc) is 1.85. The second-order valence-corrected chi connectivity index (χ2v) is 2.47. The van der Waals surface area contributed by atoms with Gasteiger partial charge in [-0.15, -0.1) is 11.6 Å². The summed E-state index contributed by atoms with van der Waals surface area (Å²) in [4.78, 5) is 20.7. The lowest BCUT2D eigenvalue weighted by atomic mass is 10.2. The maximum atomic E-state index is 10.6. The number of halogens is 1. The van der Waals surface area contributed by atoms with E-state index in [9.17, 15) is 9.59 Å².